The molecular formula is C22H21BrN2O3. The molecule has 3 aromatic rings. The Hall–Kier alpha value is -2.86. The molecule has 3 rings (SSSR count). The van der Waals surface area contributed by atoms with Crippen LogP contribution >= 0.6 is 15.9 Å². The first-order valence-electron chi connectivity index (χ1n) is 8.94. The van der Waals surface area contributed by atoms with Gasteiger partial charge in [-0.25, -0.2) is 5.43 Å². The maximum Gasteiger partial charge on any atom is 0.277 e. The topological polar surface area (TPSA) is 59.9 Å². The standard InChI is InChI=1S/C22H21BrN2O3/c1-3-27-20-11-9-16-6-4-5-7-17(16)18(20)13-24-25-22(26)14-28-21-10-8-15(2)12-19(21)23/h4-13H,3,14H2,1-2H3,(H,25,26)/b24-13+. The normalized spacial score (nSPS) is 11.0. The summed E-state index contributed by atoms with van der Waals surface area (Å²) in [4.78, 5) is 12.1. The van der Waals surface area contributed by atoms with E-state index in [9.17, 15) is 4.79 Å². The molecule has 28 heavy (non-hydrogen) atoms. The highest BCUT2D eigenvalue weighted by Crippen LogP contribution is 2.27. The predicted octanol–water partition coefficient (Wildman–Crippen LogP) is 4.84. The number of benzene rings is 3. The Labute approximate surface area is 172 Å². The summed E-state index contributed by atoms with van der Waals surface area (Å²) in [6.45, 7) is 4.33. The number of hydrogen-bond donors (Lipinski definition) is 1. The second-order valence-corrected chi connectivity index (χ2v) is 7.00. The lowest BCUT2D eigenvalue weighted by Crippen LogP contribution is -2.24. The van der Waals surface area contributed by atoms with E-state index in [1.807, 2.05) is 68.4 Å². The molecule has 144 valence electrons. The Kier molecular flexibility index (Phi) is 6.66. The van der Waals surface area contributed by atoms with Gasteiger partial charge in [0.25, 0.3) is 5.91 Å². The minimum Gasteiger partial charge on any atom is -0.493 e. The van der Waals surface area contributed by atoms with Crippen LogP contribution in [0.5, 0.6) is 11.5 Å². The van der Waals surface area contributed by atoms with Gasteiger partial charge in [0.15, 0.2) is 6.61 Å². The second kappa shape index (κ2) is 9.37. The third-order valence-electron chi connectivity index (χ3n) is 4.06. The quantitative estimate of drug-likeness (QED) is 0.422. The summed E-state index contributed by atoms with van der Waals surface area (Å²) in [6, 6.07) is 17.5. The molecule has 0 saturated carbocycles. The monoisotopic (exact) mass is 440 g/mol. The van der Waals surface area contributed by atoms with Crippen molar-refractivity contribution in [2.45, 2.75) is 13.8 Å². The molecule has 1 N–H and O–H groups in total. The molecule has 0 fully saturated rings. The van der Waals surface area contributed by atoms with Gasteiger partial charge in [-0.05, 0) is 64.3 Å². The SMILES string of the molecule is CCOc1ccc2ccccc2c1/C=N/NC(=O)COc1ccc(C)cc1Br. The number of nitrogens with one attached hydrogen (secondary N) is 1. The van der Waals surface area contributed by atoms with Crippen LogP contribution in [0.2, 0.25) is 0 Å². The number of hydrogen-bond acceptors (Lipinski definition) is 4. The zero-order chi connectivity index (χ0) is 19.9. The molecule has 0 aliphatic rings. The molecule has 0 heterocycles. The molecule has 0 radical (unpaired) electrons. The van der Waals surface area contributed by atoms with Crippen molar-refractivity contribution in [1.29, 1.82) is 0 Å². The van der Waals surface area contributed by atoms with Gasteiger partial charge in [-0.2, -0.15) is 5.10 Å². The van der Waals surface area contributed by atoms with Gasteiger partial charge in [0.2, 0.25) is 0 Å². The van der Waals surface area contributed by atoms with Crippen LogP contribution in [-0.2, 0) is 4.79 Å². The number of halogens is 1. The molecule has 1 amide bonds. The van der Waals surface area contributed by atoms with Gasteiger partial charge in [0, 0.05) is 5.56 Å². The van der Waals surface area contributed by atoms with Gasteiger partial charge < -0.3 is 9.47 Å². The molecular weight excluding hydrogens is 420 g/mol. The highest BCUT2D eigenvalue weighted by Gasteiger charge is 2.08. The lowest BCUT2D eigenvalue weighted by Gasteiger charge is -2.10. The Morgan fingerprint density at radius 2 is 1.89 bits per heavy atom. The predicted molar refractivity (Wildman–Crippen MR) is 115 cm³/mol. The van der Waals surface area contributed by atoms with Crippen LogP contribution in [-0.4, -0.2) is 25.3 Å². The minimum atomic E-state index is -0.345. The van der Waals surface area contributed by atoms with Crippen molar-refractivity contribution in [3.8, 4) is 11.5 Å². The number of carbonyl (C=O) groups excluding carboxylic acids is 1. The minimum absolute atomic E-state index is 0.132. The highest BCUT2D eigenvalue weighted by atomic mass is 79.9. The van der Waals surface area contributed by atoms with E-state index in [4.69, 9.17) is 9.47 Å². The van der Waals surface area contributed by atoms with Crippen LogP contribution in [0, 0.1) is 6.92 Å². The largest absolute Gasteiger partial charge is 0.493 e. The Morgan fingerprint density at radius 1 is 1.11 bits per heavy atom. The van der Waals surface area contributed by atoms with Gasteiger partial charge >= 0.3 is 0 Å². The second-order valence-electron chi connectivity index (χ2n) is 6.15. The number of fused-ring (bicyclic) bond motifs is 1. The molecule has 5 nitrogen and oxygen atoms in total. The van der Waals surface area contributed by atoms with Crippen molar-refractivity contribution >= 4 is 38.8 Å². The van der Waals surface area contributed by atoms with Crippen LogP contribution in [0.3, 0.4) is 0 Å². The molecule has 0 aliphatic heterocycles. The number of hydrazone groups is 1. The zero-order valence-electron chi connectivity index (χ0n) is 15.7. The van der Waals surface area contributed by atoms with Crippen LogP contribution in [0.1, 0.15) is 18.1 Å². The molecule has 0 atom stereocenters. The maximum absolute atomic E-state index is 12.1. The molecule has 3 aromatic carbocycles. The van der Waals surface area contributed by atoms with Gasteiger partial charge in [0.1, 0.15) is 11.5 Å². The molecule has 0 unspecified atom stereocenters. The average molecular weight is 441 g/mol. The molecule has 0 spiro atoms. The van der Waals surface area contributed by atoms with E-state index in [1.54, 1.807) is 6.21 Å². The fourth-order valence-electron chi connectivity index (χ4n) is 2.76. The van der Waals surface area contributed by atoms with E-state index in [1.165, 1.54) is 0 Å². The molecule has 0 saturated heterocycles. The third kappa shape index (κ3) is 4.89. The first-order valence-corrected chi connectivity index (χ1v) is 9.73. The van der Waals surface area contributed by atoms with E-state index < -0.39 is 0 Å². The van der Waals surface area contributed by atoms with E-state index in [0.717, 1.165) is 32.1 Å². The number of rotatable bonds is 7. The maximum atomic E-state index is 12.1. The summed E-state index contributed by atoms with van der Waals surface area (Å²) in [5, 5.41) is 6.17. The van der Waals surface area contributed by atoms with Crippen molar-refractivity contribution in [3.05, 3.63) is 70.2 Å². The van der Waals surface area contributed by atoms with Crippen molar-refractivity contribution in [3.63, 3.8) is 0 Å². The molecule has 0 bridgehead atoms. The zero-order valence-corrected chi connectivity index (χ0v) is 17.3. The Bertz CT molecular complexity index is 1020. The molecule has 6 heteroatoms. The van der Waals surface area contributed by atoms with Crippen LogP contribution in [0.4, 0.5) is 0 Å². The number of nitrogens with zero attached hydrogens (tertiary/aromatic N) is 1. The first-order chi connectivity index (χ1) is 13.6. The van der Waals surface area contributed by atoms with Gasteiger partial charge in [-0.3, -0.25) is 4.79 Å². The lowest BCUT2D eigenvalue weighted by molar-refractivity contribution is -0.123. The number of ether oxygens (including phenoxy) is 2. The summed E-state index contributed by atoms with van der Waals surface area (Å²) in [5.41, 5.74) is 4.43. The van der Waals surface area contributed by atoms with E-state index in [0.29, 0.717) is 12.4 Å². The summed E-state index contributed by atoms with van der Waals surface area (Å²) in [6.07, 6.45) is 1.60. The number of amides is 1. The molecule has 0 aliphatic carbocycles. The number of aryl methyl sites for hydroxylation is 1. The van der Waals surface area contributed by atoms with Gasteiger partial charge in [-0.1, -0.05) is 36.4 Å². The summed E-state index contributed by atoms with van der Waals surface area (Å²) in [7, 11) is 0. The summed E-state index contributed by atoms with van der Waals surface area (Å²) >= 11 is 3.43. The third-order valence-corrected chi connectivity index (χ3v) is 4.68. The van der Waals surface area contributed by atoms with Crippen molar-refractivity contribution < 1.29 is 14.3 Å². The van der Waals surface area contributed by atoms with Gasteiger partial charge in [-0.15, -0.1) is 0 Å². The Morgan fingerprint density at radius 3 is 2.68 bits per heavy atom. The van der Waals surface area contributed by atoms with Crippen LogP contribution < -0.4 is 14.9 Å². The van der Waals surface area contributed by atoms with Crippen molar-refractivity contribution in [2.75, 3.05) is 13.2 Å². The molecule has 0 aromatic heterocycles. The first kappa shape index (κ1) is 19.9. The van der Waals surface area contributed by atoms with E-state index >= 15 is 0 Å². The van der Waals surface area contributed by atoms with E-state index in [-0.39, 0.29) is 12.5 Å². The highest BCUT2D eigenvalue weighted by molar-refractivity contribution is 9.10. The van der Waals surface area contributed by atoms with Crippen molar-refractivity contribution in [2.24, 2.45) is 5.10 Å². The van der Waals surface area contributed by atoms with Crippen LogP contribution in [0.25, 0.3) is 10.8 Å². The van der Waals surface area contributed by atoms with Crippen molar-refractivity contribution in [1.82, 2.24) is 5.43 Å². The number of carbonyl (C=O) groups is 1. The lowest BCUT2D eigenvalue weighted by atomic mass is 10.0. The van der Waals surface area contributed by atoms with Crippen LogP contribution in [0.15, 0.2) is 64.2 Å². The average Bonchev–Trinajstić information content (AvgIpc) is 2.69. The van der Waals surface area contributed by atoms with Gasteiger partial charge in [0.05, 0.1) is 17.3 Å². The summed E-state index contributed by atoms with van der Waals surface area (Å²) < 4.78 is 12.0. The summed E-state index contributed by atoms with van der Waals surface area (Å²) in [5.74, 6) is 0.985. The van der Waals surface area contributed by atoms with E-state index in [2.05, 4.69) is 26.5 Å². The smallest absolute Gasteiger partial charge is 0.277 e. The Balaban J connectivity index is 1.68. The fourth-order valence-corrected chi connectivity index (χ4v) is 3.37. The fraction of sp³-hybridized carbons (Fsp3) is 0.182.